The molecule has 1 fully saturated rings. The van der Waals surface area contributed by atoms with Gasteiger partial charge in [0.15, 0.2) is 0 Å². The molecule has 1 saturated heterocycles. The van der Waals surface area contributed by atoms with Crippen molar-refractivity contribution < 1.29 is 8.42 Å². The standard InChI is InChI=1S/C11H18N2O2S2/c1-9-4-3-5-13(9)17(14,15)11-6-10(7-12-2)8-16-11/h6,8-9,12H,3-5,7H2,1-2H3. The maximum atomic E-state index is 12.4. The van der Waals surface area contributed by atoms with Gasteiger partial charge in [0.05, 0.1) is 0 Å². The van der Waals surface area contributed by atoms with E-state index in [1.165, 1.54) is 11.3 Å². The highest BCUT2D eigenvalue weighted by Crippen LogP contribution is 2.29. The molecule has 0 radical (unpaired) electrons. The third-order valence-corrected chi connectivity index (χ3v) is 6.54. The maximum Gasteiger partial charge on any atom is 0.252 e. The molecule has 0 aliphatic carbocycles. The zero-order valence-electron chi connectivity index (χ0n) is 10.1. The zero-order chi connectivity index (χ0) is 12.5. The van der Waals surface area contributed by atoms with E-state index in [0.29, 0.717) is 17.3 Å². The second-order valence-electron chi connectivity index (χ2n) is 4.41. The molecular weight excluding hydrogens is 256 g/mol. The molecule has 1 atom stereocenters. The minimum atomic E-state index is -3.26. The van der Waals surface area contributed by atoms with Crippen LogP contribution in [-0.2, 0) is 16.6 Å². The van der Waals surface area contributed by atoms with Crippen molar-refractivity contribution in [3.8, 4) is 0 Å². The van der Waals surface area contributed by atoms with Crippen LogP contribution in [0.15, 0.2) is 15.7 Å². The summed E-state index contributed by atoms with van der Waals surface area (Å²) in [4.78, 5) is 0. The average Bonchev–Trinajstić information content (AvgIpc) is 2.87. The number of sulfonamides is 1. The quantitative estimate of drug-likeness (QED) is 0.908. The van der Waals surface area contributed by atoms with Gasteiger partial charge in [-0.05, 0) is 43.8 Å². The summed E-state index contributed by atoms with van der Waals surface area (Å²) in [7, 11) is -1.41. The summed E-state index contributed by atoms with van der Waals surface area (Å²) in [5, 5.41) is 4.93. The Bertz CT molecular complexity index is 481. The molecule has 0 amide bonds. The SMILES string of the molecule is CNCc1csc(S(=O)(=O)N2CCCC2C)c1. The van der Waals surface area contributed by atoms with Crippen LogP contribution in [0.25, 0.3) is 0 Å². The molecule has 1 aliphatic rings. The van der Waals surface area contributed by atoms with Crippen molar-refractivity contribution >= 4 is 21.4 Å². The van der Waals surface area contributed by atoms with Crippen molar-refractivity contribution in [3.63, 3.8) is 0 Å². The molecule has 17 heavy (non-hydrogen) atoms. The Balaban J connectivity index is 2.24. The fraction of sp³-hybridized carbons (Fsp3) is 0.636. The molecule has 1 aromatic heterocycles. The largest absolute Gasteiger partial charge is 0.316 e. The van der Waals surface area contributed by atoms with Crippen molar-refractivity contribution in [2.75, 3.05) is 13.6 Å². The molecule has 96 valence electrons. The zero-order valence-corrected chi connectivity index (χ0v) is 11.8. The third-order valence-electron chi connectivity index (χ3n) is 3.07. The van der Waals surface area contributed by atoms with E-state index in [0.717, 1.165) is 18.4 Å². The van der Waals surface area contributed by atoms with Crippen LogP contribution < -0.4 is 5.32 Å². The van der Waals surface area contributed by atoms with Crippen molar-refractivity contribution in [2.45, 2.75) is 36.6 Å². The Labute approximate surface area is 107 Å². The summed E-state index contributed by atoms with van der Waals surface area (Å²) in [6, 6.07) is 1.91. The summed E-state index contributed by atoms with van der Waals surface area (Å²) in [5.41, 5.74) is 1.03. The highest BCUT2D eigenvalue weighted by Gasteiger charge is 2.33. The molecule has 4 nitrogen and oxygen atoms in total. The van der Waals surface area contributed by atoms with Gasteiger partial charge in [0.2, 0.25) is 0 Å². The normalized spacial score (nSPS) is 22.1. The lowest BCUT2D eigenvalue weighted by atomic mass is 10.3. The molecule has 1 N–H and O–H groups in total. The summed E-state index contributed by atoms with van der Waals surface area (Å²) in [5.74, 6) is 0. The highest BCUT2D eigenvalue weighted by atomic mass is 32.2. The molecule has 0 aromatic carbocycles. The van der Waals surface area contributed by atoms with Crippen molar-refractivity contribution in [3.05, 3.63) is 17.0 Å². The van der Waals surface area contributed by atoms with E-state index in [1.54, 1.807) is 10.4 Å². The second kappa shape index (κ2) is 5.06. The van der Waals surface area contributed by atoms with Crippen LogP contribution in [0, 0.1) is 0 Å². The minimum absolute atomic E-state index is 0.134. The van der Waals surface area contributed by atoms with E-state index >= 15 is 0 Å². The van der Waals surface area contributed by atoms with Gasteiger partial charge in [0.1, 0.15) is 4.21 Å². The van der Waals surface area contributed by atoms with E-state index in [9.17, 15) is 8.42 Å². The molecule has 6 heteroatoms. The molecule has 1 unspecified atom stereocenters. The van der Waals surface area contributed by atoms with E-state index in [2.05, 4.69) is 5.32 Å². The number of thiophene rings is 1. The van der Waals surface area contributed by atoms with Crippen LogP contribution in [-0.4, -0.2) is 32.4 Å². The number of rotatable bonds is 4. The summed E-state index contributed by atoms with van der Waals surface area (Å²) < 4.78 is 26.9. The molecular formula is C11H18N2O2S2. The first kappa shape index (κ1) is 13.0. The van der Waals surface area contributed by atoms with E-state index < -0.39 is 10.0 Å². The predicted molar refractivity (Wildman–Crippen MR) is 69.7 cm³/mol. The van der Waals surface area contributed by atoms with Crippen molar-refractivity contribution in [1.29, 1.82) is 0 Å². The molecule has 2 rings (SSSR count). The summed E-state index contributed by atoms with van der Waals surface area (Å²) in [6.45, 7) is 3.34. The van der Waals surface area contributed by atoms with Crippen LogP contribution in [0.1, 0.15) is 25.3 Å². The highest BCUT2D eigenvalue weighted by molar-refractivity contribution is 7.91. The third kappa shape index (κ3) is 2.54. The fourth-order valence-electron chi connectivity index (χ4n) is 2.16. The van der Waals surface area contributed by atoms with Gasteiger partial charge in [0, 0.05) is 19.1 Å². The number of hydrogen-bond donors (Lipinski definition) is 1. The van der Waals surface area contributed by atoms with E-state index in [1.807, 2.05) is 19.4 Å². The smallest absolute Gasteiger partial charge is 0.252 e. The van der Waals surface area contributed by atoms with Gasteiger partial charge >= 0.3 is 0 Å². The summed E-state index contributed by atoms with van der Waals surface area (Å²) in [6.07, 6.45) is 1.93. The van der Waals surface area contributed by atoms with Crippen LogP contribution in [0.5, 0.6) is 0 Å². The molecule has 1 aromatic rings. The Morgan fingerprint density at radius 2 is 2.35 bits per heavy atom. The Morgan fingerprint density at radius 1 is 1.59 bits per heavy atom. The lowest BCUT2D eigenvalue weighted by Gasteiger charge is -2.19. The molecule has 0 saturated carbocycles. The first-order chi connectivity index (χ1) is 8.05. The Kier molecular flexibility index (Phi) is 3.87. The molecule has 0 bridgehead atoms. The topological polar surface area (TPSA) is 49.4 Å². The van der Waals surface area contributed by atoms with E-state index in [4.69, 9.17) is 0 Å². The van der Waals surface area contributed by atoms with Gasteiger partial charge in [-0.3, -0.25) is 0 Å². The van der Waals surface area contributed by atoms with Crippen LogP contribution >= 0.6 is 11.3 Å². The number of nitrogens with zero attached hydrogens (tertiary/aromatic N) is 1. The van der Waals surface area contributed by atoms with Gasteiger partial charge in [0.25, 0.3) is 10.0 Å². The first-order valence-corrected chi connectivity index (χ1v) is 8.11. The van der Waals surface area contributed by atoms with Gasteiger partial charge in [-0.25, -0.2) is 8.42 Å². The van der Waals surface area contributed by atoms with Gasteiger partial charge < -0.3 is 5.32 Å². The van der Waals surface area contributed by atoms with Crippen LogP contribution in [0.2, 0.25) is 0 Å². The lowest BCUT2D eigenvalue weighted by Crippen LogP contribution is -2.33. The van der Waals surface area contributed by atoms with Crippen molar-refractivity contribution in [2.24, 2.45) is 0 Å². The molecule has 1 aliphatic heterocycles. The lowest BCUT2D eigenvalue weighted by molar-refractivity contribution is 0.409. The van der Waals surface area contributed by atoms with E-state index in [-0.39, 0.29) is 6.04 Å². The van der Waals surface area contributed by atoms with Gasteiger partial charge in [-0.2, -0.15) is 4.31 Å². The van der Waals surface area contributed by atoms with Crippen LogP contribution in [0.4, 0.5) is 0 Å². The molecule has 0 spiro atoms. The van der Waals surface area contributed by atoms with Gasteiger partial charge in [-0.15, -0.1) is 11.3 Å². The average molecular weight is 274 g/mol. The number of hydrogen-bond acceptors (Lipinski definition) is 4. The summed E-state index contributed by atoms with van der Waals surface area (Å²) >= 11 is 1.32. The first-order valence-electron chi connectivity index (χ1n) is 5.79. The predicted octanol–water partition coefficient (Wildman–Crippen LogP) is 1.64. The second-order valence-corrected chi connectivity index (χ2v) is 7.44. The van der Waals surface area contributed by atoms with Gasteiger partial charge in [-0.1, -0.05) is 0 Å². The fourth-order valence-corrected chi connectivity index (χ4v) is 5.20. The molecule has 2 heterocycles. The Morgan fingerprint density at radius 3 is 2.94 bits per heavy atom. The minimum Gasteiger partial charge on any atom is -0.316 e. The van der Waals surface area contributed by atoms with Crippen molar-refractivity contribution in [1.82, 2.24) is 9.62 Å². The van der Waals surface area contributed by atoms with Crippen LogP contribution in [0.3, 0.4) is 0 Å². The Hall–Kier alpha value is -0.430. The number of nitrogens with one attached hydrogen (secondary N) is 1. The monoisotopic (exact) mass is 274 g/mol. The maximum absolute atomic E-state index is 12.4.